The second kappa shape index (κ2) is 16.5. The van der Waals surface area contributed by atoms with Gasteiger partial charge in [0.1, 0.15) is 54.9 Å². The lowest BCUT2D eigenvalue weighted by molar-refractivity contribution is -0.379. The van der Waals surface area contributed by atoms with E-state index in [9.17, 15) is 50.8 Å². The molecule has 16 heteroatoms. The maximum atomic E-state index is 13.1. The standard InChI is InChI=1S/C46H74O16/c1-22-30(50)35(61-37-33(53)31(51)25(48)19-57-37)34(54)38(59-22)62-36-32(52)26(49)20-58-39(36)60-29-11-12-42(4)27(43(29,5)21-47)10-13-45(7)28(42)9-8-23-24-18-41(2,3)14-16-46(24,40(55)56)17-15-44(23,45)6/h8,22,24-39,47-54H,9-21H2,1-7H3,(H,55,56)/t22-,24-,25+,26-,27-,28+,29-,30-,31-,32-,33+,34+,35+,36+,37-,38-,39-,42-,43-,44+,45+,46-/m0/s1. The number of aliphatic hydroxyl groups is 8. The largest absolute Gasteiger partial charge is 0.481 e. The quantitative estimate of drug-likeness (QED) is 0.125. The van der Waals surface area contributed by atoms with E-state index in [1.807, 2.05) is 0 Å². The van der Waals surface area contributed by atoms with Gasteiger partial charge in [0.15, 0.2) is 18.9 Å². The second-order valence-corrected chi connectivity index (χ2v) is 22.4. The summed E-state index contributed by atoms with van der Waals surface area (Å²) >= 11 is 0. The van der Waals surface area contributed by atoms with Crippen LogP contribution in [0, 0.1) is 50.2 Å². The highest BCUT2D eigenvalue weighted by molar-refractivity contribution is 5.76. The van der Waals surface area contributed by atoms with Crippen LogP contribution in [-0.4, -0.2) is 158 Å². The Morgan fingerprint density at radius 3 is 2.03 bits per heavy atom. The lowest BCUT2D eigenvalue weighted by Gasteiger charge is -2.71. The number of carbonyl (C=O) groups is 1. The van der Waals surface area contributed by atoms with Crippen LogP contribution >= 0.6 is 0 Å². The van der Waals surface area contributed by atoms with Gasteiger partial charge in [0.2, 0.25) is 0 Å². The van der Waals surface area contributed by atoms with Gasteiger partial charge in [0.25, 0.3) is 0 Å². The first kappa shape index (κ1) is 47.2. The molecule has 0 aromatic heterocycles. The molecule has 8 aliphatic rings. The fourth-order valence-electron chi connectivity index (χ4n) is 14.5. The molecule has 16 nitrogen and oxygen atoms in total. The van der Waals surface area contributed by atoms with Gasteiger partial charge in [-0.05, 0) is 111 Å². The van der Waals surface area contributed by atoms with Crippen LogP contribution in [0.25, 0.3) is 0 Å². The van der Waals surface area contributed by atoms with Gasteiger partial charge < -0.3 is 74.4 Å². The van der Waals surface area contributed by atoms with E-state index in [-0.39, 0.29) is 59.2 Å². The zero-order valence-electron chi connectivity index (χ0n) is 37.5. The van der Waals surface area contributed by atoms with Crippen LogP contribution in [0.2, 0.25) is 0 Å². The highest BCUT2D eigenvalue weighted by Crippen LogP contribution is 2.76. The normalized spacial score (nSPS) is 55.1. The number of hydrogen-bond acceptors (Lipinski definition) is 15. The predicted molar refractivity (Wildman–Crippen MR) is 219 cm³/mol. The van der Waals surface area contributed by atoms with Crippen molar-refractivity contribution < 1.29 is 79.2 Å². The van der Waals surface area contributed by atoms with Gasteiger partial charge >= 0.3 is 5.97 Å². The van der Waals surface area contributed by atoms with Gasteiger partial charge in [-0.25, -0.2) is 0 Å². The minimum Gasteiger partial charge on any atom is -0.481 e. The molecule has 62 heavy (non-hydrogen) atoms. The molecule has 0 bridgehead atoms. The minimum atomic E-state index is -1.73. The first-order valence-corrected chi connectivity index (χ1v) is 23.1. The molecule has 0 aromatic rings. The molecule has 0 unspecified atom stereocenters. The van der Waals surface area contributed by atoms with E-state index in [4.69, 9.17) is 28.4 Å². The van der Waals surface area contributed by atoms with Gasteiger partial charge in [-0.15, -0.1) is 0 Å². The van der Waals surface area contributed by atoms with Crippen LogP contribution in [0.3, 0.4) is 0 Å². The summed E-state index contributed by atoms with van der Waals surface area (Å²) in [5.74, 6) is -0.342. The lowest BCUT2D eigenvalue weighted by atomic mass is 9.33. The SMILES string of the molecule is C[C@@H]1O[C@@H](O[C@H]2[C@H](O[C@H]3CC[C@@]4(C)[C@H](CC[C@]5(C)[C@@H]4CC=C4[C@@H]6CC(C)(C)CC[C@]6(C(=O)O)CC[C@]45C)[C@]3(C)CO)OC[C@H](O)[C@@H]2O)[C@H](O)[C@H](O[C@@H]2OC[C@@H](O)[C@H](O)[C@H]2O)[C@H]1O. The van der Waals surface area contributed by atoms with Gasteiger partial charge in [-0.3, -0.25) is 4.79 Å². The number of rotatable bonds is 8. The Morgan fingerprint density at radius 2 is 1.35 bits per heavy atom. The van der Waals surface area contributed by atoms with Crippen molar-refractivity contribution in [3.63, 3.8) is 0 Å². The first-order chi connectivity index (χ1) is 29.0. The molecule has 3 aliphatic heterocycles. The van der Waals surface area contributed by atoms with E-state index in [1.54, 1.807) is 0 Å². The van der Waals surface area contributed by atoms with E-state index in [1.165, 1.54) is 12.5 Å². The molecule has 9 N–H and O–H groups in total. The first-order valence-electron chi connectivity index (χ1n) is 23.1. The fourth-order valence-corrected chi connectivity index (χ4v) is 14.5. The van der Waals surface area contributed by atoms with Crippen molar-refractivity contribution in [3.05, 3.63) is 11.6 Å². The van der Waals surface area contributed by atoms with Gasteiger partial charge in [-0.1, -0.05) is 53.2 Å². The summed E-state index contributed by atoms with van der Waals surface area (Å²) in [5, 5.41) is 97.4. The maximum Gasteiger partial charge on any atom is 0.310 e. The van der Waals surface area contributed by atoms with Crippen LogP contribution in [0.15, 0.2) is 11.6 Å². The zero-order chi connectivity index (χ0) is 45.1. The summed E-state index contributed by atoms with van der Waals surface area (Å²) in [7, 11) is 0. The lowest BCUT2D eigenvalue weighted by Crippen LogP contribution is -2.67. The van der Waals surface area contributed by atoms with Crippen molar-refractivity contribution in [3.8, 4) is 0 Å². The smallest absolute Gasteiger partial charge is 0.310 e. The third kappa shape index (κ3) is 7.19. The highest BCUT2D eigenvalue weighted by atomic mass is 16.8. The third-order valence-corrected chi connectivity index (χ3v) is 18.7. The molecule has 7 fully saturated rings. The summed E-state index contributed by atoms with van der Waals surface area (Å²) < 4.78 is 36.0. The van der Waals surface area contributed by atoms with E-state index in [0.29, 0.717) is 19.3 Å². The van der Waals surface area contributed by atoms with Crippen LogP contribution in [0.5, 0.6) is 0 Å². The number of aliphatic carboxylic acids is 1. The van der Waals surface area contributed by atoms with Crippen molar-refractivity contribution in [2.45, 2.75) is 199 Å². The van der Waals surface area contributed by atoms with Crippen LogP contribution in [-0.2, 0) is 33.2 Å². The minimum absolute atomic E-state index is 0.00631. The maximum absolute atomic E-state index is 13.1. The van der Waals surface area contributed by atoms with Crippen molar-refractivity contribution >= 4 is 5.97 Å². The Morgan fingerprint density at radius 1 is 0.710 bits per heavy atom. The zero-order valence-corrected chi connectivity index (χ0v) is 37.5. The molecular weight excluding hydrogens is 808 g/mol. The highest BCUT2D eigenvalue weighted by Gasteiger charge is 2.70. The number of allylic oxidation sites excluding steroid dienone is 2. The Kier molecular flexibility index (Phi) is 12.5. The number of aliphatic hydroxyl groups excluding tert-OH is 8. The van der Waals surface area contributed by atoms with Crippen molar-refractivity contribution in [1.29, 1.82) is 0 Å². The van der Waals surface area contributed by atoms with Crippen molar-refractivity contribution in [1.82, 2.24) is 0 Å². The Hall–Kier alpha value is -1.35. The third-order valence-electron chi connectivity index (χ3n) is 18.7. The van der Waals surface area contributed by atoms with Crippen LogP contribution in [0.1, 0.15) is 113 Å². The van der Waals surface area contributed by atoms with Crippen molar-refractivity contribution in [2.75, 3.05) is 19.8 Å². The van der Waals surface area contributed by atoms with Crippen LogP contribution < -0.4 is 0 Å². The molecule has 0 amide bonds. The average Bonchev–Trinajstić information content (AvgIpc) is 3.21. The topological polar surface area (TPSA) is 255 Å². The molecule has 3 heterocycles. The predicted octanol–water partition coefficient (Wildman–Crippen LogP) is 1.98. The van der Waals surface area contributed by atoms with Gasteiger partial charge in [0, 0.05) is 5.41 Å². The summed E-state index contributed by atoms with van der Waals surface area (Å²) in [6.45, 7) is 14.5. The molecule has 0 spiro atoms. The number of ether oxygens (including phenoxy) is 6. The van der Waals surface area contributed by atoms with Crippen LogP contribution in [0.4, 0.5) is 0 Å². The fraction of sp³-hybridized carbons (Fsp3) is 0.935. The molecular formula is C46H74O16. The number of hydrogen-bond donors (Lipinski definition) is 9. The molecule has 0 radical (unpaired) electrons. The molecule has 22 atom stereocenters. The molecule has 354 valence electrons. The van der Waals surface area contributed by atoms with E-state index >= 15 is 0 Å². The molecule has 5 aliphatic carbocycles. The van der Waals surface area contributed by atoms with E-state index < -0.39 is 103 Å². The monoisotopic (exact) mass is 882 g/mol. The number of carboxylic acid groups (broad SMARTS) is 1. The van der Waals surface area contributed by atoms with E-state index in [2.05, 4.69) is 47.6 Å². The Bertz CT molecular complexity index is 1690. The van der Waals surface area contributed by atoms with Gasteiger partial charge in [0.05, 0.1) is 37.4 Å². The molecule has 8 rings (SSSR count). The molecule has 3 saturated heterocycles. The number of carboxylic acids is 1. The summed E-state index contributed by atoms with van der Waals surface area (Å²) in [6, 6.07) is 0. The Balaban J connectivity index is 1.02. The summed E-state index contributed by atoms with van der Waals surface area (Å²) in [4.78, 5) is 13.1. The molecule has 0 aromatic carbocycles. The van der Waals surface area contributed by atoms with Gasteiger partial charge in [-0.2, -0.15) is 0 Å². The van der Waals surface area contributed by atoms with Crippen molar-refractivity contribution in [2.24, 2.45) is 50.2 Å². The second-order valence-electron chi connectivity index (χ2n) is 22.4. The summed E-state index contributed by atoms with van der Waals surface area (Å²) in [6.07, 6.45) is -9.19. The summed E-state index contributed by atoms with van der Waals surface area (Å²) in [5.41, 5.74) is -0.519. The Labute approximate surface area is 364 Å². The number of fused-ring (bicyclic) bond motifs is 7. The molecule has 4 saturated carbocycles. The average molecular weight is 883 g/mol. The van der Waals surface area contributed by atoms with E-state index in [0.717, 1.165) is 44.9 Å².